The number of ketones is 1. The zero-order valence-corrected chi connectivity index (χ0v) is 9.95. The lowest BCUT2D eigenvalue weighted by atomic mass is 10.1. The maximum atomic E-state index is 12.3. The van der Waals surface area contributed by atoms with E-state index in [0.717, 1.165) is 6.07 Å². The van der Waals surface area contributed by atoms with Crippen LogP contribution in [-0.4, -0.2) is 16.2 Å². The van der Waals surface area contributed by atoms with Crippen LogP contribution in [0.3, 0.4) is 0 Å². The summed E-state index contributed by atoms with van der Waals surface area (Å²) in [6, 6.07) is 1.56. The number of carbonyl (C=O) groups excluding carboxylic acids is 1. The number of benzene rings is 1. The largest absolute Gasteiger partial charge is 0.506 e. The number of hydrogen-bond donors (Lipinski definition) is 1. The van der Waals surface area contributed by atoms with Crippen LogP contribution < -0.4 is 0 Å². The van der Waals surface area contributed by atoms with Crippen molar-refractivity contribution in [1.29, 1.82) is 0 Å². The molecule has 0 unspecified atom stereocenters. The first-order valence-corrected chi connectivity index (χ1v) is 5.46. The highest BCUT2D eigenvalue weighted by Gasteiger charge is 2.35. The van der Waals surface area contributed by atoms with Crippen molar-refractivity contribution >= 4 is 33.3 Å². The van der Waals surface area contributed by atoms with E-state index < -0.39 is 28.3 Å². The van der Waals surface area contributed by atoms with Crippen LogP contribution in [0.2, 0.25) is 5.02 Å². The molecule has 2 nitrogen and oxygen atoms in total. The van der Waals surface area contributed by atoms with Gasteiger partial charge in [-0.3, -0.25) is 4.79 Å². The van der Waals surface area contributed by atoms with Gasteiger partial charge in [0.1, 0.15) is 5.75 Å². The van der Waals surface area contributed by atoms with Gasteiger partial charge in [0, 0.05) is 5.56 Å². The third-order valence-electron chi connectivity index (χ3n) is 1.84. The molecular formula is C9H5BrClF3O2. The molecule has 0 atom stereocenters. The maximum Gasteiger partial charge on any atom is 0.420 e. The smallest absolute Gasteiger partial charge is 0.420 e. The molecule has 0 radical (unpaired) electrons. The second-order valence-corrected chi connectivity index (χ2v) is 3.82. The lowest BCUT2D eigenvalue weighted by Gasteiger charge is -2.11. The Labute approximate surface area is 102 Å². The molecule has 7 heteroatoms. The fourth-order valence-corrected chi connectivity index (χ4v) is 1.65. The van der Waals surface area contributed by atoms with E-state index in [-0.39, 0.29) is 10.9 Å². The molecule has 0 aliphatic rings. The molecule has 0 aliphatic heterocycles. The molecule has 1 N–H and O–H groups in total. The molecule has 0 spiro atoms. The van der Waals surface area contributed by atoms with Gasteiger partial charge in [-0.05, 0) is 12.1 Å². The van der Waals surface area contributed by atoms with Crippen molar-refractivity contribution < 1.29 is 23.1 Å². The zero-order valence-electron chi connectivity index (χ0n) is 7.61. The SMILES string of the molecule is O=C(CBr)c1ccc(C(F)(F)F)c(O)c1Cl. The Balaban J connectivity index is 3.35. The fraction of sp³-hybridized carbons (Fsp3) is 0.222. The summed E-state index contributed by atoms with van der Waals surface area (Å²) in [4.78, 5) is 11.2. The van der Waals surface area contributed by atoms with Gasteiger partial charge in [0.2, 0.25) is 0 Å². The standard InChI is InChI=1S/C9H5BrClF3O2/c10-3-6(15)4-1-2-5(9(12,13)14)8(16)7(4)11/h1-2,16H,3H2. The van der Waals surface area contributed by atoms with Gasteiger partial charge in [0.15, 0.2) is 5.78 Å². The van der Waals surface area contributed by atoms with Crippen molar-refractivity contribution in [3.63, 3.8) is 0 Å². The molecule has 0 fully saturated rings. The highest BCUT2D eigenvalue weighted by atomic mass is 79.9. The summed E-state index contributed by atoms with van der Waals surface area (Å²) in [5.74, 6) is -1.63. The quantitative estimate of drug-likeness (QED) is 0.668. The van der Waals surface area contributed by atoms with Crippen LogP contribution in [0.4, 0.5) is 13.2 Å². The molecule has 0 aliphatic carbocycles. The molecule has 0 saturated heterocycles. The lowest BCUT2D eigenvalue weighted by molar-refractivity contribution is -0.138. The van der Waals surface area contributed by atoms with Crippen LogP contribution in [-0.2, 0) is 6.18 Å². The Morgan fingerprint density at radius 3 is 2.44 bits per heavy atom. The molecule has 0 saturated carbocycles. The Morgan fingerprint density at radius 1 is 1.44 bits per heavy atom. The van der Waals surface area contributed by atoms with Gasteiger partial charge >= 0.3 is 6.18 Å². The highest BCUT2D eigenvalue weighted by Crippen LogP contribution is 2.40. The van der Waals surface area contributed by atoms with E-state index >= 15 is 0 Å². The number of rotatable bonds is 2. The van der Waals surface area contributed by atoms with Crippen LogP contribution >= 0.6 is 27.5 Å². The number of phenols is 1. The number of hydrogen-bond acceptors (Lipinski definition) is 2. The van der Waals surface area contributed by atoms with E-state index in [1.165, 1.54) is 0 Å². The first-order valence-electron chi connectivity index (χ1n) is 3.97. The number of phenolic OH excluding ortho intramolecular Hbond substituents is 1. The average Bonchev–Trinajstić information content (AvgIpc) is 2.19. The molecule has 0 bridgehead atoms. The van der Waals surface area contributed by atoms with Crippen molar-refractivity contribution in [2.24, 2.45) is 0 Å². The van der Waals surface area contributed by atoms with Gasteiger partial charge in [-0.25, -0.2) is 0 Å². The molecule has 1 rings (SSSR count). The van der Waals surface area contributed by atoms with Crippen molar-refractivity contribution in [2.75, 3.05) is 5.33 Å². The third-order valence-corrected chi connectivity index (χ3v) is 2.74. The van der Waals surface area contributed by atoms with Gasteiger partial charge in [-0.15, -0.1) is 0 Å². The average molecular weight is 317 g/mol. The van der Waals surface area contributed by atoms with E-state index in [1.807, 2.05) is 0 Å². The van der Waals surface area contributed by atoms with Crippen LogP contribution in [0, 0.1) is 0 Å². The Hall–Kier alpha value is -0.750. The normalized spacial score (nSPS) is 11.6. The number of carbonyl (C=O) groups is 1. The van der Waals surface area contributed by atoms with Gasteiger partial charge in [-0.2, -0.15) is 13.2 Å². The summed E-state index contributed by atoms with van der Waals surface area (Å²) < 4.78 is 37.0. The van der Waals surface area contributed by atoms with Gasteiger partial charge in [0.05, 0.1) is 15.9 Å². The first kappa shape index (κ1) is 13.3. The van der Waals surface area contributed by atoms with Crippen molar-refractivity contribution in [3.05, 3.63) is 28.3 Å². The summed E-state index contributed by atoms with van der Waals surface area (Å²) >= 11 is 8.34. The summed E-state index contributed by atoms with van der Waals surface area (Å²) in [6.07, 6.45) is -4.70. The van der Waals surface area contributed by atoms with Crippen LogP contribution in [0.25, 0.3) is 0 Å². The summed E-state index contributed by atoms with van der Waals surface area (Å²) in [6.45, 7) is 0. The summed E-state index contributed by atoms with van der Waals surface area (Å²) in [5.41, 5.74) is -1.41. The number of halogens is 5. The fourth-order valence-electron chi connectivity index (χ4n) is 1.08. The minimum absolute atomic E-state index is 0.0858. The molecule has 0 heterocycles. The summed E-state index contributed by atoms with van der Waals surface area (Å²) in [5, 5.41) is 8.57. The van der Waals surface area contributed by atoms with Gasteiger partial charge in [0.25, 0.3) is 0 Å². The highest BCUT2D eigenvalue weighted by molar-refractivity contribution is 9.09. The summed E-state index contributed by atoms with van der Waals surface area (Å²) in [7, 11) is 0. The molecule has 0 aromatic heterocycles. The molecule has 16 heavy (non-hydrogen) atoms. The Morgan fingerprint density at radius 2 is 2.00 bits per heavy atom. The molecule has 1 aromatic carbocycles. The van der Waals surface area contributed by atoms with Crippen molar-refractivity contribution in [1.82, 2.24) is 0 Å². The topological polar surface area (TPSA) is 37.3 Å². The predicted octanol–water partition coefficient (Wildman–Crippen LogP) is 3.64. The van der Waals surface area contributed by atoms with Crippen molar-refractivity contribution in [2.45, 2.75) is 6.18 Å². The zero-order chi connectivity index (χ0) is 12.5. The van der Waals surface area contributed by atoms with E-state index in [0.29, 0.717) is 6.07 Å². The maximum absolute atomic E-state index is 12.3. The first-order chi connectivity index (χ1) is 7.29. The second kappa shape index (κ2) is 4.63. The lowest BCUT2D eigenvalue weighted by Crippen LogP contribution is -2.08. The van der Waals surface area contributed by atoms with E-state index in [9.17, 15) is 23.1 Å². The minimum atomic E-state index is -4.70. The van der Waals surface area contributed by atoms with Gasteiger partial charge < -0.3 is 5.11 Å². The van der Waals surface area contributed by atoms with Crippen LogP contribution in [0.1, 0.15) is 15.9 Å². The Bertz CT molecular complexity index is 431. The van der Waals surface area contributed by atoms with Crippen molar-refractivity contribution in [3.8, 4) is 5.75 Å². The molecule has 88 valence electrons. The van der Waals surface area contributed by atoms with E-state index in [4.69, 9.17) is 11.6 Å². The Kier molecular flexibility index (Phi) is 3.85. The molecular weight excluding hydrogens is 312 g/mol. The number of aromatic hydroxyl groups is 1. The van der Waals surface area contributed by atoms with Crippen LogP contribution in [0.15, 0.2) is 12.1 Å². The number of alkyl halides is 4. The van der Waals surface area contributed by atoms with Gasteiger partial charge in [-0.1, -0.05) is 27.5 Å². The van der Waals surface area contributed by atoms with E-state index in [2.05, 4.69) is 15.9 Å². The predicted molar refractivity (Wildman–Crippen MR) is 56.2 cm³/mol. The molecule has 0 amide bonds. The number of Topliss-reactive ketones (excluding diaryl/α,β-unsaturated/α-hetero) is 1. The van der Waals surface area contributed by atoms with Crippen LogP contribution in [0.5, 0.6) is 5.75 Å². The second-order valence-electron chi connectivity index (χ2n) is 2.88. The minimum Gasteiger partial charge on any atom is -0.506 e. The third kappa shape index (κ3) is 2.49. The van der Waals surface area contributed by atoms with E-state index in [1.54, 1.807) is 0 Å². The monoisotopic (exact) mass is 316 g/mol. The molecule has 1 aromatic rings.